The fourth-order valence-corrected chi connectivity index (χ4v) is 1.19. The highest BCUT2D eigenvalue weighted by Gasteiger charge is 2.29. The summed E-state index contributed by atoms with van der Waals surface area (Å²) in [7, 11) is 3.35. The fourth-order valence-electron chi connectivity index (χ4n) is 1.19. The van der Waals surface area contributed by atoms with Crippen LogP contribution in [-0.4, -0.2) is 43.7 Å². The zero-order valence-corrected chi connectivity index (χ0v) is 6.80. The summed E-state index contributed by atoms with van der Waals surface area (Å²) in [5, 5.41) is 2.82. The van der Waals surface area contributed by atoms with Crippen LogP contribution in [0.15, 0.2) is 0 Å². The van der Waals surface area contributed by atoms with Crippen molar-refractivity contribution in [3.8, 4) is 0 Å². The Labute approximate surface area is 65.6 Å². The molecule has 0 unspecified atom stereocenters. The Kier molecular flexibility index (Phi) is 2.44. The molecule has 1 rings (SSSR count). The van der Waals surface area contributed by atoms with Crippen LogP contribution >= 0.6 is 0 Å². The second-order valence-electron chi connectivity index (χ2n) is 3.03. The lowest BCUT2D eigenvalue weighted by molar-refractivity contribution is -0.130. The number of carbonyl (C=O) groups is 1. The minimum atomic E-state index is -0.858. The van der Waals surface area contributed by atoms with E-state index in [9.17, 15) is 9.18 Å². The van der Waals surface area contributed by atoms with Gasteiger partial charge in [0.1, 0.15) is 6.17 Å². The molecule has 0 aromatic heterocycles. The average Bonchev–Trinajstić information content (AvgIpc) is 2.34. The van der Waals surface area contributed by atoms with E-state index in [-0.39, 0.29) is 11.9 Å². The molecule has 1 saturated heterocycles. The van der Waals surface area contributed by atoms with E-state index in [1.165, 1.54) is 4.90 Å². The average molecular weight is 160 g/mol. The third kappa shape index (κ3) is 1.89. The molecule has 0 spiro atoms. The van der Waals surface area contributed by atoms with Gasteiger partial charge in [0.2, 0.25) is 5.91 Å². The number of amides is 1. The Hall–Kier alpha value is -0.640. The Morgan fingerprint density at radius 3 is 2.64 bits per heavy atom. The highest BCUT2D eigenvalue weighted by Crippen LogP contribution is 2.10. The predicted octanol–water partition coefficient (Wildman–Crippen LogP) is -0.225. The topological polar surface area (TPSA) is 32.3 Å². The minimum absolute atomic E-state index is 0.0369. The zero-order chi connectivity index (χ0) is 8.43. The van der Waals surface area contributed by atoms with Gasteiger partial charge >= 0.3 is 0 Å². The van der Waals surface area contributed by atoms with Gasteiger partial charge in [-0.05, 0) is 0 Å². The van der Waals surface area contributed by atoms with Gasteiger partial charge in [-0.15, -0.1) is 0 Å². The quantitative estimate of drug-likeness (QED) is 0.575. The maximum absolute atomic E-state index is 12.6. The lowest BCUT2D eigenvalue weighted by Crippen LogP contribution is -2.39. The van der Waals surface area contributed by atoms with Gasteiger partial charge in [-0.3, -0.25) is 4.79 Å². The van der Waals surface area contributed by atoms with Crippen LogP contribution in [0.5, 0.6) is 0 Å². The summed E-state index contributed by atoms with van der Waals surface area (Å²) >= 11 is 0. The molecule has 0 aromatic carbocycles. The molecule has 1 fully saturated rings. The molecular weight excluding hydrogens is 147 g/mol. The van der Waals surface area contributed by atoms with E-state index in [2.05, 4.69) is 5.32 Å². The summed E-state index contributed by atoms with van der Waals surface area (Å²) in [4.78, 5) is 12.7. The van der Waals surface area contributed by atoms with Crippen molar-refractivity contribution >= 4 is 5.91 Å². The summed E-state index contributed by atoms with van der Waals surface area (Å²) < 4.78 is 12.6. The van der Waals surface area contributed by atoms with Gasteiger partial charge in [0.05, 0.1) is 6.04 Å². The van der Waals surface area contributed by atoms with Gasteiger partial charge in [0.25, 0.3) is 0 Å². The van der Waals surface area contributed by atoms with Crippen LogP contribution in [0.1, 0.15) is 6.42 Å². The number of hydrogen-bond donors (Lipinski definition) is 1. The van der Waals surface area contributed by atoms with E-state index in [1.807, 2.05) is 0 Å². The summed E-state index contributed by atoms with van der Waals surface area (Å²) in [6, 6.07) is -0.306. The van der Waals surface area contributed by atoms with Gasteiger partial charge in [-0.1, -0.05) is 0 Å². The zero-order valence-electron chi connectivity index (χ0n) is 6.80. The molecule has 0 saturated carbocycles. The first-order chi connectivity index (χ1) is 5.11. The molecule has 0 aromatic rings. The number of rotatable bonds is 1. The van der Waals surface area contributed by atoms with E-state index in [1.54, 1.807) is 14.1 Å². The molecule has 64 valence electrons. The van der Waals surface area contributed by atoms with Crippen LogP contribution in [0.3, 0.4) is 0 Å². The normalized spacial score (nSPS) is 30.5. The Balaban J connectivity index is 2.43. The van der Waals surface area contributed by atoms with E-state index >= 15 is 0 Å². The molecule has 0 bridgehead atoms. The number of halogens is 1. The summed E-state index contributed by atoms with van der Waals surface area (Å²) in [5.74, 6) is -0.0369. The monoisotopic (exact) mass is 160 g/mol. The highest BCUT2D eigenvalue weighted by atomic mass is 19.1. The van der Waals surface area contributed by atoms with Crippen molar-refractivity contribution in [2.24, 2.45) is 0 Å². The van der Waals surface area contributed by atoms with Crippen LogP contribution in [0.25, 0.3) is 0 Å². The molecule has 2 atom stereocenters. The fraction of sp³-hybridized carbons (Fsp3) is 0.857. The van der Waals surface area contributed by atoms with Crippen molar-refractivity contribution in [2.75, 3.05) is 20.6 Å². The molecule has 0 aliphatic carbocycles. The Morgan fingerprint density at radius 1 is 1.64 bits per heavy atom. The first-order valence-electron chi connectivity index (χ1n) is 3.70. The van der Waals surface area contributed by atoms with Crippen molar-refractivity contribution in [1.29, 1.82) is 0 Å². The van der Waals surface area contributed by atoms with Crippen LogP contribution < -0.4 is 5.32 Å². The number of nitrogens with one attached hydrogen (secondary N) is 1. The van der Waals surface area contributed by atoms with Gasteiger partial charge in [-0.2, -0.15) is 0 Å². The smallest absolute Gasteiger partial charge is 0.239 e. The molecule has 1 aliphatic rings. The highest BCUT2D eigenvalue weighted by molar-refractivity contribution is 5.81. The first-order valence-corrected chi connectivity index (χ1v) is 3.70. The Bertz CT molecular complexity index is 161. The van der Waals surface area contributed by atoms with Gasteiger partial charge in [0, 0.05) is 27.1 Å². The molecule has 1 N–H and O–H groups in total. The van der Waals surface area contributed by atoms with Crippen LogP contribution in [0.4, 0.5) is 4.39 Å². The van der Waals surface area contributed by atoms with E-state index in [4.69, 9.17) is 0 Å². The lowest BCUT2D eigenvalue weighted by atomic mass is 10.2. The summed E-state index contributed by atoms with van der Waals surface area (Å²) in [5.41, 5.74) is 0. The van der Waals surface area contributed by atoms with Gasteiger partial charge in [-0.25, -0.2) is 4.39 Å². The van der Waals surface area contributed by atoms with Crippen LogP contribution in [0.2, 0.25) is 0 Å². The molecule has 4 heteroatoms. The number of hydrogen-bond acceptors (Lipinski definition) is 2. The SMILES string of the molecule is CN(C)C(=O)[C@H]1C[C@H](F)CN1. The maximum Gasteiger partial charge on any atom is 0.239 e. The molecule has 1 heterocycles. The second-order valence-corrected chi connectivity index (χ2v) is 3.03. The van der Waals surface area contributed by atoms with Crippen molar-refractivity contribution in [3.05, 3.63) is 0 Å². The van der Waals surface area contributed by atoms with E-state index in [0.29, 0.717) is 13.0 Å². The standard InChI is InChI=1S/C7H13FN2O/c1-10(2)7(11)6-3-5(8)4-9-6/h5-6,9H,3-4H2,1-2H3/t5-,6+/m0/s1. The van der Waals surface area contributed by atoms with Crippen molar-refractivity contribution in [3.63, 3.8) is 0 Å². The molecular formula is C7H13FN2O. The Morgan fingerprint density at radius 2 is 2.27 bits per heavy atom. The maximum atomic E-state index is 12.6. The first kappa shape index (κ1) is 8.46. The van der Waals surface area contributed by atoms with Crippen LogP contribution in [0, 0.1) is 0 Å². The van der Waals surface area contributed by atoms with Crippen LogP contribution in [-0.2, 0) is 4.79 Å². The number of nitrogens with zero attached hydrogens (tertiary/aromatic N) is 1. The lowest BCUT2D eigenvalue weighted by Gasteiger charge is -2.15. The molecule has 3 nitrogen and oxygen atoms in total. The molecule has 0 radical (unpaired) electrons. The van der Waals surface area contributed by atoms with Crippen molar-refractivity contribution < 1.29 is 9.18 Å². The third-order valence-electron chi connectivity index (χ3n) is 1.82. The van der Waals surface area contributed by atoms with Gasteiger partial charge < -0.3 is 10.2 Å². The minimum Gasteiger partial charge on any atom is -0.347 e. The molecule has 1 amide bonds. The van der Waals surface area contributed by atoms with E-state index < -0.39 is 6.17 Å². The number of alkyl halides is 1. The second kappa shape index (κ2) is 3.17. The van der Waals surface area contributed by atoms with Gasteiger partial charge in [0.15, 0.2) is 0 Å². The summed E-state index contributed by atoms with van der Waals surface area (Å²) in [6.07, 6.45) is -0.541. The third-order valence-corrected chi connectivity index (χ3v) is 1.82. The predicted molar refractivity (Wildman–Crippen MR) is 40.0 cm³/mol. The summed E-state index contributed by atoms with van der Waals surface area (Å²) in [6.45, 7) is 0.310. The number of carbonyl (C=O) groups excluding carboxylic acids is 1. The van der Waals surface area contributed by atoms with Crippen molar-refractivity contribution in [1.82, 2.24) is 10.2 Å². The van der Waals surface area contributed by atoms with Crippen molar-refractivity contribution in [2.45, 2.75) is 18.6 Å². The number of likely N-dealkylation sites (N-methyl/N-ethyl adjacent to an activating group) is 1. The molecule has 11 heavy (non-hydrogen) atoms. The largest absolute Gasteiger partial charge is 0.347 e. The van der Waals surface area contributed by atoms with E-state index in [0.717, 1.165) is 0 Å². The molecule has 1 aliphatic heterocycles.